The van der Waals surface area contributed by atoms with E-state index in [0.717, 1.165) is 26.4 Å². The molecule has 0 unspecified atom stereocenters. The van der Waals surface area contributed by atoms with E-state index in [1.807, 2.05) is 36.4 Å². The minimum Gasteiger partial charge on any atom is -0.289 e. The molecule has 15 heavy (non-hydrogen) atoms. The van der Waals surface area contributed by atoms with Gasteiger partial charge in [-0.3, -0.25) is 4.79 Å². The third-order valence-corrected chi connectivity index (χ3v) is 3.34. The second-order valence-corrected chi connectivity index (χ2v) is 4.42. The Morgan fingerprint density at radius 1 is 0.933 bits per heavy atom. The summed E-state index contributed by atoms with van der Waals surface area (Å²) in [4.78, 5) is 11.8. The molecule has 0 heterocycles. The highest BCUT2D eigenvalue weighted by atomic mass is 79.9. The van der Waals surface area contributed by atoms with Crippen molar-refractivity contribution in [3.63, 3.8) is 0 Å². The molecule has 3 rings (SSSR count). The number of carbonyl (C=O) groups excluding carboxylic acids is 1. The molecule has 0 atom stereocenters. The summed E-state index contributed by atoms with van der Waals surface area (Å²) in [6.07, 6.45) is 1.64. The zero-order valence-corrected chi connectivity index (χ0v) is 9.41. The van der Waals surface area contributed by atoms with Gasteiger partial charge in [-0.15, -0.1) is 0 Å². The van der Waals surface area contributed by atoms with E-state index >= 15 is 0 Å². The fraction of sp³-hybridized carbons (Fsp3) is 0. The number of ketones is 1. The lowest BCUT2D eigenvalue weighted by Crippen LogP contribution is -2.02. The third-order valence-electron chi connectivity index (χ3n) is 2.69. The lowest BCUT2D eigenvalue weighted by molar-refractivity contribution is 0.104. The first-order chi connectivity index (χ1) is 7.27. The van der Waals surface area contributed by atoms with Gasteiger partial charge in [0.1, 0.15) is 0 Å². The Labute approximate surface area is 95.5 Å². The summed E-state index contributed by atoms with van der Waals surface area (Å²) >= 11 is 3.43. The van der Waals surface area contributed by atoms with Crippen molar-refractivity contribution in [1.29, 1.82) is 0 Å². The lowest BCUT2D eigenvalue weighted by Gasteiger charge is -2.13. The van der Waals surface area contributed by atoms with Crippen LogP contribution in [0.1, 0.15) is 15.9 Å². The molecule has 1 aliphatic rings. The second-order valence-electron chi connectivity index (χ2n) is 3.57. The van der Waals surface area contributed by atoms with Crippen molar-refractivity contribution in [3.8, 4) is 0 Å². The molecule has 0 saturated carbocycles. The van der Waals surface area contributed by atoms with Crippen LogP contribution in [0.2, 0.25) is 0 Å². The molecule has 0 amide bonds. The molecule has 2 aromatic rings. The molecule has 1 aliphatic carbocycles. The first kappa shape index (κ1) is 8.86. The molecule has 72 valence electrons. The molecule has 2 heteroatoms. The van der Waals surface area contributed by atoms with E-state index in [4.69, 9.17) is 0 Å². The fourth-order valence-electron chi connectivity index (χ4n) is 2.02. The maximum Gasteiger partial charge on any atom is 0.187 e. The Morgan fingerprint density at radius 3 is 2.33 bits per heavy atom. The topological polar surface area (TPSA) is 17.1 Å². The van der Waals surface area contributed by atoms with Crippen LogP contribution >= 0.6 is 15.9 Å². The molecule has 0 bridgehead atoms. The first-order valence-electron chi connectivity index (χ1n) is 4.71. The third kappa shape index (κ3) is 1.18. The van der Waals surface area contributed by atoms with Crippen molar-refractivity contribution in [2.45, 2.75) is 0 Å². The van der Waals surface area contributed by atoms with E-state index in [1.165, 1.54) is 0 Å². The predicted octanol–water partition coefficient (Wildman–Crippen LogP) is 3.77. The van der Waals surface area contributed by atoms with Crippen molar-refractivity contribution >= 4 is 37.0 Å². The fourth-order valence-corrected chi connectivity index (χ4v) is 2.55. The molecule has 0 radical (unpaired) electrons. The van der Waals surface area contributed by atoms with Crippen molar-refractivity contribution in [2.24, 2.45) is 0 Å². The van der Waals surface area contributed by atoms with Gasteiger partial charge in [-0.05, 0) is 10.9 Å². The molecule has 2 aromatic carbocycles. The summed E-state index contributed by atoms with van der Waals surface area (Å²) in [6, 6.07) is 11.9. The minimum atomic E-state index is 0.0752. The van der Waals surface area contributed by atoms with Crippen molar-refractivity contribution in [3.05, 3.63) is 53.6 Å². The van der Waals surface area contributed by atoms with Gasteiger partial charge >= 0.3 is 0 Å². The summed E-state index contributed by atoms with van der Waals surface area (Å²) in [5.41, 5.74) is 1.90. The zero-order chi connectivity index (χ0) is 10.4. The minimum absolute atomic E-state index is 0.0752. The highest BCUT2D eigenvalue weighted by molar-refractivity contribution is 9.15. The van der Waals surface area contributed by atoms with Gasteiger partial charge in [0.05, 0.1) is 0 Å². The number of benzene rings is 2. The molecule has 0 aromatic heterocycles. The molecule has 0 saturated heterocycles. The largest absolute Gasteiger partial charge is 0.289 e. The van der Waals surface area contributed by atoms with Gasteiger partial charge in [-0.1, -0.05) is 52.3 Å². The number of hydrogen-bond acceptors (Lipinski definition) is 1. The van der Waals surface area contributed by atoms with Gasteiger partial charge in [0.25, 0.3) is 0 Å². The van der Waals surface area contributed by atoms with E-state index in [9.17, 15) is 4.79 Å². The summed E-state index contributed by atoms with van der Waals surface area (Å²) in [7, 11) is 0. The van der Waals surface area contributed by atoms with Crippen molar-refractivity contribution < 1.29 is 4.79 Å². The van der Waals surface area contributed by atoms with Crippen LogP contribution in [0.4, 0.5) is 0 Å². The molecule has 0 spiro atoms. The van der Waals surface area contributed by atoms with E-state index in [2.05, 4.69) is 15.9 Å². The smallest absolute Gasteiger partial charge is 0.187 e. The monoisotopic (exact) mass is 258 g/mol. The molecule has 0 aliphatic heterocycles. The Kier molecular flexibility index (Phi) is 1.80. The second kappa shape index (κ2) is 3.04. The SMILES string of the molecule is O=C1C=C(Br)c2cccc3cccc1c23. The maximum absolute atomic E-state index is 11.8. The Balaban J connectivity index is 2.57. The Morgan fingerprint density at radius 2 is 1.60 bits per heavy atom. The Bertz CT molecular complexity index is 606. The molecule has 0 fully saturated rings. The van der Waals surface area contributed by atoms with E-state index < -0.39 is 0 Å². The van der Waals surface area contributed by atoms with Crippen molar-refractivity contribution in [2.75, 3.05) is 0 Å². The van der Waals surface area contributed by atoms with Crippen molar-refractivity contribution in [1.82, 2.24) is 0 Å². The number of rotatable bonds is 0. The number of carbonyl (C=O) groups is 1. The summed E-state index contributed by atoms with van der Waals surface area (Å²) in [5.74, 6) is 0.0752. The maximum atomic E-state index is 11.8. The van der Waals surface area contributed by atoms with Gasteiger partial charge in [0.2, 0.25) is 0 Å². The summed E-state index contributed by atoms with van der Waals surface area (Å²) < 4.78 is 0.872. The molecule has 1 nitrogen and oxygen atoms in total. The molecule has 0 N–H and O–H groups in total. The van der Waals surface area contributed by atoms with Gasteiger partial charge < -0.3 is 0 Å². The summed E-state index contributed by atoms with van der Waals surface area (Å²) in [6.45, 7) is 0. The van der Waals surface area contributed by atoms with Crippen LogP contribution in [-0.4, -0.2) is 5.78 Å². The van der Waals surface area contributed by atoms with E-state index in [-0.39, 0.29) is 5.78 Å². The number of allylic oxidation sites excluding steroid dienone is 1. The highest BCUT2D eigenvalue weighted by Crippen LogP contribution is 2.35. The van der Waals surface area contributed by atoms with Gasteiger partial charge in [-0.25, -0.2) is 0 Å². The van der Waals surface area contributed by atoms with Gasteiger partial charge in [0, 0.05) is 21.5 Å². The average Bonchev–Trinajstić information content (AvgIpc) is 2.25. The highest BCUT2D eigenvalue weighted by Gasteiger charge is 2.17. The van der Waals surface area contributed by atoms with Gasteiger partial charge in [0.15, 0.2) is 5.78 Å². The van der Waals surface area contributed by atoms with E-state index in [1.54, 1.807) is 6.08 Å². The summed E-state index contributed by atoms with van der Waals surface area (Å²) in [5, 5.41) is 2.17. The van der Waals surface area contributed by atoms with Crippen LogP contribution in [0.25, 0.3) is 15.3 Å². The standard InChI is InChI=1S/C13H7BrO/c14-11-7-12(15)10-6-2-4-8-3-1-5-9(11)13(8)10/h1-7H. The van der Waals surface area contributed by atoms with Crippen LogP contribution in [-0.2, 0) is 0 Å². The van der Waals surface area contributed by atoms with Crippen LogP contribution in [0.3, 0.4) is 0 Å². The number of hydrogen-bond donors (Lipinski definition) is 0. The molecular weight excluding hydrogens is 252 g/mol. The van der Waals surface area contributed by atoms with E-state index in [0.29, 0.717) is 0 Å². The van der Waals surface area contributed by atoms with Crippen LogP contribution < -0.4 is 0 Å². The lowest BCUT2D eigenvalue weighted by atomic mass is 9.92. The van der Waals surface area contributed by atoms with Crippen LogP contribution in [0.15, 0.2) is 42.5 Å². The first-order valence-corrected chi connectivity index (χ1v) is 5.50. The van der Waals surface area contributed by atoms with Crippen LogP contribution in [0.5, 0.6) is 0 Å². The predicted molar refractivity (Wildman–Crippen MR) is 65.2 cm³/mol. The number of halogens is 1. The quantitative estimate of drug-likeness (QED) is 0.703. The van der Waals surface area contributed by atoms with Gasteiger partial charge in [-0.2, -0.15) is 0 Å². The average molecular weight is 259 g/mol. The van der Waals surface area contributed by atoms with Crippen LogP contribution in [0, 0.1) is 0 Å². The molecular formula is C13H7BrO. The zero-order valence-electron chi connectivity index (χ0n) is 7.83. The normalized spacial score (nSPS) is 14.2. The Hall–Kier alpha value is -1.41.